The SMILES string of the molecule is C[N+](C)CCC(N)=O. The molecule has 0 saturated carbocycles. The van der Waals surface area contributed by atoms with E-state index >= 15 is 0 Å². The Morgan fingerprint density at radius 3 is 2.25 bits per heavy atom. The third-order valence-electron chi connectivity index (χ3n) is 0.805. The van der Waals surface area contributed by atoms with E-state index in [-0.39, 0.29) is 5.91 Å². The molecule has 0 spiro atoms. The maximum Gasteiger partial charge on any atom is 0.223 e. The summed E-state index contributed by atoms with van der Waals surface area (Å²) >= 11 is 0. The quantitative estimate of drug-likeness (QED) is 0.485. The summed E-state index contributed by atoms with van der Waals surface area (Å²) in [7, 11) is 3.81. The van der Waals surface area contributed by atoms with E-state index < -0.39 is 0 Å². The molecule has 0 unspecified atom stereocenters. The van der Waals surface area contributed by atoms with Crippen molar-refractivity contribution in [3.8, 4) is 0 Å². The minimum atomic E-state index is -0.237. The summed E-state index contributed by atoms with van der Waals surface area (Å²) in [6.07, 6.45) is 0.451. The Kier molecular flexibility index (Phi) is 3.19. The van der Waals surface area contributed by atoms with Crippen molar-refractivity contribution >= 4 is 5.91 Å². The van der Waals surface area contributed by atoms with Crippen LogP contribution < -0.4 is 10.6 Å². The van der Waals surface area contributed by atoms with Crippen LogP contribution in [0.25, 0.3) is 0 Å². The van der Waals surface area contributed by atoms with Crippen molar-refractivity contribution in [1.29, 1.82) is 0 Å². The van der Waals surface area contributed by atoms with Crippen molar-refractivity contribution in [3.05, 3.63) is 0 Å². The number of carbonyl (C=O) groups is 1. The van der Waals surface area contributed by atoms with Crippen LogP contribution in [0.2, 0.25) is 0 Å². The minimum Gasteiger partial charge on any atom is -0.369 e. The van der Waals surface area contributed by atoms with Crippen LogP contribution in [-0.2, 0) is 4.79 Å². The molecule has 0 aliphatic carbocycles. The lowest BCUT2D eigenvalue weighted by atomic mass is 10.4. The van der Waals surface area contributed by atoms with Gasteiger partial charge in [0, 0.05) is 0 Å². The highest BCUT2D eigenvalue weighted by atomic mass is 16.1. The van der Waals surface area contributed by atoms with Crippen molar-refractivity contribution in [2.24, 2.45) is 5.73 Å². The molecule has 0 heterocycles. The molecular weight excluding hydrogens is 104 g/mol. The lowest BCUT2D eigenvalue weighted by molar-refractivity contribution is -0.118. The summed E-state index contributed by atoms with van der Waals surface area (Å²) in [5.74, 6) is -0.237. The zero-order valence-electron chi connectivity index (χ0n) is 5.35. The van der Waals surface area contributed by atoms with Crippen LogP contribution in [0, 0.1) is 0 Å². The largest absolute Gasteiger partial charge is 0.369 e. The van der Waals surface area contributed by atoms with Crippen LogP contribution in [0.15, 0.2) is 0 Å². The Bertz CT molecular complexity index is 80.5. The number of primary amides is 1. The van der Waals surface area contributed by atoms with Gasteiger partial charge in [-0.25, -0.2) is 0 Å². The number of nitrogens with zero attached hydrogens (tertiary/aromatic N) is 1. The van der Waals surface area contributed by atoms with Crippen LogP contribution in [0.1, 0.15) is 6.42 Å². The average Bonchev–Trinajstić information content (AvgIpc) is 1.61. The van der Waals surface area contributed by atoms with Gasteiger partial charge in [0.15, 0.2) is 0 Å². The van der Waals surface area contributed by atoms with Crippen LogP contribution in [0.4, 0.5) is 0 Å². The molecule has 1 radical (unpaired) electrons. The minimum absolute atomic E-state index is 0.237. The van der Waals surface area contributed by atoms with E-state index in [1.54, 1.807) is 0 Å². The normalized spacial score (nSPS) is 9.88. The molecule has 0 aromatic rings. The third kappa shape index (κ3) is 5.43. The highest BCUT2D eigenvalue weighted by Gasteiger charge is 2.00. The highest BCUT2D eigenvalue weighted by molar-refractivity contribution is 5.73. The molecule has 0 aromatic carbocycles. The predicted molar refractivity (Wildman–Crippen MR) is 32.7 cm³/mol. The number of hydrogen-bond donors (Lipinski definition) is 1. The van der Waals surface area contributed by atoms with E-state index in [9.17, 15) is 4.79 Å². The number of amides is 1. The van der Waals surface area contributed by atoms with Gasteiger partial charge in [0.1, 0.15) is 20.6 Å². The fourth-order valence-corrected chi connectivity index (χ4v) is 0.334. The van der Waals surface area contributed by atoms with Gasteiger partial charge < -0.3 is 5.73 Å². The van der Waals surface area contributed by atoms with Gasteiger partial charge in [-0.1, -0.05) is 0 Å². The Morgan fingerprint density at radius 2 is 2.12 bits per heavy atom. The molecular formula is C5H12N2O+. The molecule has 0 atom stereocenters. The molecule has 3 nitrogen and oxygen atoms in total. The smallest absolute Gasteiger partial charge is 0.223 e. The number of hydrogen-bond acceptors (Lipinski definition) is 2. The topological polar surface area (TPSA) is 49.0 Å². The van der Waals surface area contributed by atoms with Crippen molar-refractivity contribution in [2.45, 2.75) is 6.42 Å². The van der Waals surface area contributed by atoms with Gasteiger partial charge in [0.05, 0.1) is 6.42 Å². The van der Waals surface area contributed by atoms with E-state index in [2.05, 4.69) is 0 Å². The fraction of sp³-hybridized carbons (Fsp3) is 0.800. The zero-order chi connectivity index (χ0) is 6.57. The first-order chi connectivity index (χ1) is 3.63. The predicted octanol–water partition coefficient (Wildman–Crippen LogP) is -0.738. The molecule has 8 heavy (non-hydrogen) atoms. The maximum absolute atomic E-state index is 10.1. The van der Waals surface area contributed by atoms with E-state index in [0.29, 0.717) is 6.42 Å². The van der Waals surface area contributed by atoms with Crippen LogP contribution in [0.5, 0.6) is 0 Å². The van der Waals surface area contributed by atoms with E-state index in [1.165, 1.54) is 0 Å². The molecule has 0 saturated heterocycles. The van der Waals surface area contributed by atoms with Crippen LogP contribution in [0.3, 0.4) is 0 Å². The first-order valence-corrected chi connectivity index (χ1v) is 2.56. The molecule has 0 fully saturated rings. The molecule has 0 aromatic heterocycles. The second-order valence-corrected chi connectivity index (χ2v) is 2.02. The van der Waals surface area contributed by atoms with Gasteiger partial charge in [-0.3, -0.25) is 4.79 Å². The third-order valence-corrected chi connectivity index (χ3v) is 0.805. The number of carbonyl (C=O) groups excluding carboxylic acids is 1. The standard InChI is InChI=1S/C5H12N2O/c1-7(2)4-3-5(6)8/h3-4H2,1-2H3,(H2,6,8)/q+1. The maximum atomic E-state index is 10.1. The zero-order valence-corrected chi connectivity index (χ0v) is 5.35. The Morgan fingerprint density at radius 1 is 1.62 bits per heavy atom. The summed E-state index contributed by atoms with van der Waals surface area (Å²) in [6, 6.07) is 0. The van der Waals surface area contributed by atoms with Gasteiger partial charge in [-0.05, 0) is 0 Å². The monoisotopic (exact) mass is 116 g/mol. The molecule has 2 N–H and O–H groups in total. The number of nitrogens with two attached hydrogens (primary N) is 1. The van der Waals surface area contributed by atoms with Crippen LogP contribution in [-0.4, -0.2) is 26.5 Å². The fourth-order valence-electron chi connectivity index (χ4n) is 0.334. The van der Waals surface area contributed by atoms with Crippen molar-refractivity contribution in [1.82, 2.24) is 4.90 Å². The molecule has 3 heteroatoms. The van der Waals surface area contributed by atoms with E-state index in [0.717, 1.165) is 6.54 Å². The summed E-state index contributed by atoms with van der Waals surface area (Å²) in [4.78, 5) is 12.0. The van der Waals surface area contributed by atoms with Gasteiger partial charge >= 0.3 is 0 Å². The Balaban J connectivity index is 3.05. The summed E-state index contributed by atoms with van der Waals surface area (Å²) < 4.78 is 0. The Hall–Kier alpha value is -0.570. The van der Waals surface area contributed by atoms with Gasteiger partial charge in [-0.15, -0.1) is 0 Å². The second-order valence-electron chi connectivity index (χ2n) is 2.02. The van der Waals surface area contributed by atoms with Crippen molar-refractivity contribution < 1.29 is 4.79 Å². The molecule has 1 amide bonds. The summed E-state index contributed by atoms with van der Waals surface area (Å²) in [5.41, 5.74) is 4.88. The van der Waals surface area contributed by atoms with Crippen molar-refractivity contribution in [3.63, 3.8) is 0 Å². The van der Waals surface area contributed by atoms with Gasteiger partial charge in [0.2, 0.25) is 5.91 Å². The highest BCUT2D eigenvalue weighted by Crippen LogP contribution is 1.75. The first kappa shape index (κ1) is 7.43. The molecule has 0 bridgehead atoms. The molecule has 0 rings (SSSR count). The molecule has 0 aliphatic heterocycles. The van der Waals surface area contributed by atoms with E-state index in [4.69, 9.17) is 5.73 Å². The molecule has 47 valence electrons. The lowest BCUT2D eigenvalue weighted by Gasteiger charge is -1.94. The second kappa shape index (κ2) is 3.43. The number of rotatable bonds is 3. The molecule has 0 aliphatic rings. The lowest BCUT2D eigenvalue weighted by Crippen LogP contribution is -2.25. The van der Waals surface area contributed by atoms with Crippen LogP contribution >= 0.6 is 0 Å². The first-order valence-electron chi connectivity index (χ1n) is 2.56. The van der Waals surface area contributed by atoms with E-state index in [1.807, 2.05) is 19.0 Å². The Labute approximate surface area is 49.5 Å². The average molecular weight is 116 g/mol. The van der Waals surface area contributed by atoms with Crippen molar-refractivity contribution in [2.75, 3.05) is 20.6 Å². The summed E-state index contributed by atoms with van der Waals surface area (Å²) in [5, 5.41) is 0. The van der Waals surface area contributed by atoms with Gasteiger partial charge in [-0.2, -0.15) is 4.90 Å². The van der Waals surface area contributed by atoms with Gasteiger partial charge in [0.25, 0.3) is 0 Å². The summed E-state index contributed by atoms with van der Waals surface area (Å²) in [6.45, 7) is 0.745.